The van der Waals surface area contributed by atoms with Crippen LogP contribution in [0.4, 0.5) is 17.1 Å². The van der Waals surface area contributed by atoms with Gasteiger partial charge in [-0.1, -0.05) is 12.1 Å². The zero-order valence-electron chi connectivity index (χ0n) is 10.2. The lowest BCUT2D eigenvalue weighted by Gasteiger charge is -2.25. The van der Waals surface area contributed by atoms with Gasteiger partial charge in [0.1, 0.15) is 0 Å². The summed E-state index contributed by atoms with van der Waals surface area (Å²) in [5.41, 5.74) is 4.64. The topological polar surface area (TPSA) is 91.0 Å². The Balaban J connectivity index is 1.96. The number of rotatable bonds is 2. The molecule has 3 rings (SSSR count). The van der Waals surface area contributed by atoms with Crippen LogP contribution in [-0.2, 0) is 0 Å². The van der Waals surface area contributed by atoms with Gasteiger partial charge in [-0.05, 0) is 24.3 Å². The molecule has 0 spiro atoms. The van der Waals surface area contributed by atoms with Gasteiger partial charge in [0.25, 0.3) is 5.69 Å². The van der Waals surface area contributed by atoms with Gasteiger partial charge < -0.3 is 0 Å². The molecule has 1 aliphatic rings. The third-order valence-electron chi connectivity index (χ3n) is 2.95. The summed E-state index contributed by atoms with van der Waals surface area (Å²) >= 11 is 0. The van der Waals surface area contributed by atoms with Crippen LogP contribution >= 0.6 is 0 Å². The molecule has 1 heterocycles. The average Bonchev–Trinajstić information content (AvgIpc) is 2.48. The first kappa shape index (κ1) is 12.1. The number of hydrogen-bond donors (Lipinski definition) is 2. The van der Waals surface area contributed by atoms with Gasteiger partial charge in [0, 0.05) is 17.7 Å². The summed E-state index contributed by atoms with van der Waals surface area (Å²) in [4.78, 5) is 10.1. The van der Waals surface area contributed by atoms with Crippen molar-refractivity contribution >= 4 is 22.9 Å². The highest BCUT2D eigenvalue weighted by molar-refractivity contribution is 6.11. The fourth-order valence-corrected chi connectivity index (χ4v) is 1.95. The molecule has 2 aromatic rings. The maximum atomic E-state index is 10.6. The highest BCUT2D eigenvalue weighted by Gasteiger charge is 2.21. The van der Waals surface area contributed by atoms with E-state index in [1.807, 2.05) is 6.07 Å². The average molecular weight is 270 g/mol. The lowest BCUT2D eigenvalue weighted by Crippen LogP contribution is -2.32. The van der Waals surface area contributed by atoms with Gasteiger partial charge in [0.15, 0.2) is 5.84 Å². The fraction of sp³-hybridized carbons (Fsp3) is 0. The van der Waals surface area contributed by atoms with Crippen LogP contribution in [0.3, 0.4) is 0 Å². The molecule has 0 aromatic heterocycles. The van der Waals surface area contributed by atoms with Crippen molar-refractivity contribution in [2.24, 2.45) is 5.10 Å². The number of fused-ring (bicyclic) bond motifs is 1. The number of non-ortho nitro benzene ring substituents is 1. The Labute approximate surface area is 113 Å². The fourth-order valence-electron chi connectivity index (χ4n) is 1.95. The molecule has 0 saturated heterocycles. The first-order valence-corrected chi connectivity index (χ1v) is 5.83. The third-order valence-corrected chi connectivity index (χ3v) is 2.95. The van der Waals surface area contributed by atoms with Crippen LogP contribution in [0.15, 0.2) is 53.6 Å². The molecular formula is C13H10N4O3. The SMILES string of the molecule is O=[N+]([O-])c1ccc(C2=NNc3ccccc3N2O)cc1. The van der Waals surface area contributed by atoms with Crippen LogP contribution in [0, 0.1) is 10.1 Å². The number of nitro benzene ring substituents is 1. The second-order valence-electron chi connectivity index (χ2n) is 4.18. The van der Waals surface area contributed by atoms with E-state index in [2.05, 4.69) is 10.5 Å². The van der Waals surface area contributed by atoms with Crippen LogP contribution in [0.1, 0.15) is 5.56 Å². The van der Waals surface area contributed by atoms with Crippen molar-refractivity contribution in [1.82, 2.24) is 0 Å². The molecule has 7 heteroatoms. The van der Waals surface area contributed by atoms with E-state index in [4.69, 9.17) is 0 Å². The molecule has 2 aromatic carbocycles. The number of hydrazone groups is 1. The van der Waals surface area contributed by atoms with Gasteiger partial charge in [0.05, 0.1) is 16.3 Å². The molecule has 7 nitrogen and oxygen atoms in total. The van der Waals surface area contributed by atoms with Crippen LogP contribution in [0.5, 0.6) is 0 Å². The van der Waals surface area contributed by atoms with E-state index >= 15 is 0 Å². The lowest BCUT2D eigenvalue weighted by atomic mass is 10.1. The molecule has 0 bridgehead atoms. The Bertz CT molecular complexity index is 697. The molecule has 0 saturated carbocycles. The first-order valence-electron chi connectivity index (χ1n) is 5.83. The Kier molecular flexibility index (Phi) is 2.81. The van der Waals surface area contributed by atoms with E-state index in [0.29, 0.717) is 16.9 Å². The molecule has 0 atom stereocenters. The smallest absolute Gasteiger partial charge is 0.269 e. The van der Waals surface area contributed by atoms with Crippen molar-refractivity contribution < 1.29 is 10.1 Å². The number of nitrogens with zero attached hydrogens (tertiary/aromatic N) is 3. The van der Waals surface area contributed by atoms with Crippen molar-refractivity contribution in [3.05, 3.63) is 64.2 Å². The molecule has 100 valence electrons. The van der Waals surface area contributed by atoms with Crippen molar-refractivity contribution in [3.63, 3.8) is 0 Å². The maximum absolute atomic E-state index is 10.6. The number of benzene rings is 2. The minimum Gasteiger partial charge on any atom is -0.282 e. The van der Waals surface area contributed by atoms with Crippen molar-refractivity contribution in [2.75, 3.05) is 10.5 Å². The number of nitro groups is 1. The highest BCUT2D eigenvalue weighted by Crippen LogP contribution is 2.29. The first-order chi connectivity index (χ1) is 9.66. The summed E-state index contributed by atoms with van der Waals surface area (Å²) in [6.45, 7) is 0. The molecule has 20 heavy (non-hydrogen) atoms. The molecule has 2 N–H and O–H groups in total. The van der Waals surface area contributed by atoms with Crippen molar-refractivity contribution in [3.8, 4) is 0 Å². The summed E-state index contributed by atoms with van der Waals surface area (Å²) in [6, 6.07) is 13.0. The normalized spacial score (nSPS) is 13.2. The van der Waals surface area contributed by atoms with Gasteiger partial charge in [-0.15, -0.1) is 0 Å². The highest BCUT2D eigenvalue weighted by atomic mass is 16.6. The van der Waals surface area contributed by atoms with E-state index in [1.165, 1.54) is 24.3 Å². The predicted molar refractivity (Wildman–Crippen MR) is 74.0 cm³/mol. The van der Waals surface area contributed by atoms with Gasteiger partial charge in [-0.25, -0.2) is 5.06 Å². The summed E-state index contributed by atoms with van der Waals surface area (Å²) in [5.74, 6) is 0.276. The number of anilines is 2. The van der Waals surface area contributed by atoms with Crippen LogP contribution in [0.25, 0.3) is 0 Å². The molecule has 0 unspecified atom stereocenters. The van der Waals surface area contributed by atoms with Crippen molar-refractivity contribution in [2.45, 2.75) is 0 Å². The van der Waals surface area contributed by atoms with E-state index in [1.54, 1.807) is 18.2 Å². The van der Waals surface area contributed by atoms with Gasteiger partial charge >= 0.3 is 0 Å². The Hall–Kier alpha value is -2.93. The minimum atomic E-state index is -0.475. The van der Waals surface area contributed by atoms with Gasteiger partial charge in [-0.2, -0.15) is 5.10 Å². The minimum absolute atomic E-state index is 0.0111. The number of nitrogens with one attached hydrogen (secondary N) is 1. The van der Waals surface area contributed by atoms with E-state index in [-0.39, 0.29) is 11.5 Å². The van der Waals surface area contributed by atoms with Crippen LogP contribution < -0.4 is 10.5 Å². The monoisotopic (exact) mass is 270 g/mol. The van der Waals surface area contributed by atoms with Crippen LogP contribution in [-0.4, -0.2) is 16.0 Å². The molecule has 0 aliphatic carbocycles. The van der Waals surface area contributed by atoms with Gasteiger partial charge in [-0.3, -0.25) is 20.7 Å². The van der Waals surface area contributed by atoms with Crippen molar-refractivity contribution in [1.29, 1.82) is 0 Å². The predicted octanol–water partition coefficient (Wildman–Crippen LogP) is 2.58. The Morgan fingerprint density at radius 3 is 2.55 bits per heavy atom. The Morgan fingerprint density at radius 1 is 1.15 bits per heavy atom. The van der Waals surface area contributed by atoms with Gasteiger partial charge in [0.2, 0.25) is 0 Å². The summed E-state index contributed by atoms with van der Waals surface area (Å²) in [6.07, 6.45) is 0. The zero-order chi connectivity index (χ0) is 14.1. The molecular weight excluding hydrogens is 260 g/mol. The standard InChI is InChI=1S/C13H10N4O3/c18-16-12-4-2-1-3-11(12)14-15-13(16)9-5-7-10(8-6-9)17(19)20/h1-8,14,18H. The second kappa shape index (κ2) is 4.63. The number of amidine groups is 1. The van der Waals surface area contributed by atoms with E-state index in [0.717, 1.165) is 5.06 Å². The molecule has 1 aliphatic heterocycles. The zero-order valence-corrected chi connectivity index (χ0v) is 10.2. The summed E-state index contributed by atoms with van der Waals surface area (Å²) in [7, 11) is 0. The molecule has 0 amide bonds. The molecule has 0 radical (unpaired) electrons. The van der Waals surface area contributed by atoms with Crippen LogP contribution in [0.2, 0.25) is 0 Å². The Morgan fingerprint density at radius 2 is 1.85 bits per heavy atom. The summed E-state index contributed by atoms with van der Waals surface area (Å²) in [5, 5.41) is 25.8. The summed E-state index contributed by atoms with van der Waals surface area (Å²) < 4.78 is 0. The number of hydrogen-bond acceptors (Lipinski definition) is 6. The maximum Gasteiger partial charge on any atom is 0.269 e. The number of para-hydroxylation sites is 2. The lowest BCUT2D eigenvalue weighted by molar-refractivity contribution is -0.384. The van der Waals surface area contributed by atoms with E-state index in [9.17, 15) is 15.3 Å². The second-order valence-corrected chi connectivity index (χ2v) is 4.18. The van der Waals surface area contributed by atoms with E-state index < -0.39 is 4.92 Å². The third kappa shape index (κ3) is 1.95. The number of hydroxylamine groups is 1. The largest absolute Gasteiger partial charge is 0.282 e. The quantitative estimate of drug-likeness (QED) is 0.646. The molecule has 0 fully saturated rings.